The number of hydrogen-bond donors (Lipinski definition) is 1. The van der Waals surface area contributed by atoms with Crippen molar-refractivity contribution in [2.45, 2.75) is 18.9 Å². The number of carbonyl (C=O) groups is 1. The fourth-order valence-electron chi connectivity index (χ4n) is 2.13. The van der Waals surface area contributed by atoms with Crippen molar-refractivity contribution in [2.24, 2.45) is 0 Å². The number of β-amino-alcohol motifs (C(OH)–C–C–N with tert-alkyl or cyclic N) is 1. The minimum Gasteiger partial charge on any atom is -0.391 e. The SMILES string of the molecule is CN(C)CCc1ccc(N2CC(O)CC2=O)cc1. The van der Waals surface area contributed by atoms with Gasteiger partial charge in [0.05, 0.1) is 19.1 Å². The highest BCUT2D eigenvalue weighted by Gasteiger charge is 2.28. The van der Waals surface area contributed by atoms with E-state index in [2.05, 4.69) is 31.1 Å². The van der Waals surface area contributed by atoms with Crippen molar-refractivity contribution in [2.75, 3.05) is 32.1 Å². The first-order chi connectivity index (χ1) is 8.56. The zero-order valence-electron chi connectivity index (χ0n) is 11.0. The van der Waals surface area contributed by atoms with E-state index in [1.165, 1.54) is 5.56 Å². The number of aliphatic hydroxyl groups is 1. The first kappa shape index (κ1) is 13.1. The van der Waals surface area contributed by atoms with E-state index in [-0.39, 0.29) is 12.3 Å². The molecular formula is C14H20N2O2. The molecule has 1 amide bonds. The first-order valence-electron chi connectivity index (χ1n) is 6.28. The van der Waals surface area contributed by atoms with E-state index < -0.39 is 6.10 Å². The lowest BCUT2D eigenvalue weighted by Crippen LogP contribution is -2.25. The Balaban J connectivity index is 2.01. The van der Waals surface area contributed by atoms with Crippen molar-refractivity contribution in [1.29, 1.82) is 0 Å². The molecule has 2 rings (SSSR count). The number of nitrogens with zero attached hydrogens (tertiary/aromatic N) is 2. The van der Waals surface area contributed by atoms with Crippen LogP contribution < -0.4 is 4.90 Å². The molecule has 1 unspecified atom stereocenters. The quantitative estimate of drug-likeness (QED) is 0.860. The second-order valence-electron chi connectivity index (χ2n) is 5.08. The molecule has 98 valence electrons. The summed E-state index contributed by atoms with van der Waals surface area (Å²) in [5, 5.41) is 9.46. The lowest BCUT2D eigenvalue weighted by molar-refractivity contribution is -0.117. The van der Waals surface area contributed by atoms with Crippen molar-refractivity contribution in [3.05, 3.63) is 29.8 Å². The third-order valence-corrected chi connectivity index (χ3v) is 3.20. The van der Waals surface area contributed by atoms with Gasteiger partial charge in [0.15, 0.2) is 0 Å². The molecule has 0 radical (unpaired) electrons. The largest absolute Gasteiger partial charge is 0.391 e. The van der Waals surface area contributed by atoms with Crippen molar-refractivity contribution in [1.82, 2.24) is 4.90 Å². The fourth-order valence-corrected chi connectivity index (χ4v) is 2.13. The molecule has 1 atom stereocenters. The number of hydrogen-bond acceptors (Lipinski definition) is 3. The summed E-state index contributed by atoms with van der Waals surface area (Å²) in [6, 6.07) is 8.02. The maximum atomic E-state index is 11.6. The van der Waals surface area contributed by atoms with Gasteiger partial charge in [-0.05, 0) is 38.2 Å². The van der Waals surface area contributed by atoms with Gasteiger partial charge in [0.2, 0.25) is 5.91 Å². The zero-order chi connectivity index (χ0) is 13.1. The van der Waals surface area contributed by atoms with Gasteiger partial charge >= 0.3 is 0 Å². The number of likely N-dealkylation sites (N-methyl/N-ethyl adjacent to an activating group) is 1. The summed E-state index contributed by atoms with van der Waals surface area (Å²) in [4.78, 5) is 15.4. The van der Waals surface area contributed by atoms with Crippen molar-refractivity contribution >= 4 is 11.6 Å². The standard InChI is InChI=1S/C14H20N2O2/c1-15(2)8-7-11-3-5-12(6-4-11)16-10-13(17)9-14(16)18/h3-6,13,17H,7-10H2,1-2H3. The summed E-state index contributed by atoms with van der Waals surface area (Å²) < 4.78 is 0. The van der Waals surface area contributed by atoms with Gasteiger partial charge in [-0.1, -0.05) is 12.1 Å². The summed E-state index contributed by atoms with van der Waals surface area (Å²) in [5.41, 5.74) is 2.14. The predicted molar refractivity (Wildman–Crippen MR) is 71.7 cm³/mol. The van der Waals surface area contributed by atoms with Crippen LogP contribution in [0.4, 0.5) is 5.69 Å². The van der Waals surface area contributed by atoms with Gasteiger partial charge in [-0.25, -0.2) is 0 Å². The Morgan fingerprint density at radius 1 is 1.33 bits per heavy atom. The predicted octanol–water partition coefficient (Wildman–Crippen LogP) is 0.888. The van der Waals surface area contributed by atoms with Crippen LogP contribution in [0.15, 0.2) is 24.3 Å². The van der Waals surface area contributed by atoms with Gasteiger partial charge < -0.3 is 14.9 Å². The molecule has 1 aliphatic rings. The molecule has 1 aliphatic heterocycles. The molecule has 0 saturated carbocycles. The van der Waals surface area contributed by atoms with Crippen LogP contribution in [0.3, 0.4) is 0 Å². The van der Waals surface area contributed by atoms with Crippen LogP contribution in [0, 0.1) is 0 Å². The van der Waals surface area contributed by atoms with Crippen LogP contribution in [0.2, 0.25) is 0 Å². The maximum absolute atomic E-state index is 11.6. The topological polar surface area (TPSA) is 43.8 Å². The third-order valence-electron chi connectivity index (χ3n) is 3.20. The van der Waals surface area contributed by atoms with Gasteiger partial charge in [0.1, 0.15) is 0 Å². The zero-order valence-corrected chi connectivity index (χ0v) is 11.0. The third kappa shape index (κ3) is 3.09. The van der Waals surface area contributed by atoms with Crippen LogP contribution in [-0.2, 0) is 11.2 Å². The van der Waals surface area contributed by atoms with Gasteiger partial charge in [-0.3, -0.25) is 4.79 Å². The summed E-state index contributed by atoms with van der Waals surface area (Å²) in [6.07, 6.45) is 0.720. The van der Waals surface area contributed by atoms with E-state index in [0.29, 0.717) is 6.54 Å². The molecule has 1 aromatic rings. The lowest BCUT2D eigenvalue weighted by atomic mass is 10.1. The Kier molecular flexibility index (Phi) is 3.99. The van der Waals surface area contributed by atoms with E-state index >= 15 is 0 Å². The summed E-state index contributed by atoms with van der Waals surface area (Å²) in [6.45, 7) is 1.43. The number of anilines is 1. The Hall–Kier alpha value is -1.39. The molecule has 18 heavy (non-hydrogen) atoms. The van der Waals surface area contributed by atoms with Crippen LogP contribution in [0.25, 0.3) is 0 Å². The van der Waals surface area contributed by atoms with Crippen molar-refractivity contribution < 1.29 is 9.90 Å². The number of rotatable bonds is 4. The van der Waals surface area contributed by atoms with E-state index in [1.807, 2.05) is 12.1 Å². The summed E-state index contributed by atoms with van der Waals surface area (Å²) >= 11 is 0. The van der Waals surface area contributed by atoms with Crippen molar-refractivity contribution in [3.8, 4) is 0 Å². The summed E-state index contributed by atoms with van der Waals surface area (Å²) in [5.74, 6) is 0.00328. The Morgan fingerprint density at radius 3 is 2.50 bits per heavy atom. The highest BCUT2D eigenvalue weighted by molar-refractivity contribution is 5.96. The Labute approximate surface area is 108 Å². The highest BCUT2D eigenvalue weighted by Crippen LogP contribution is 2.22. The molecule has 0 spiro atoms. The molecule has 1 saturated heterocycles. The average Bonchev–Trinajstić information content (AvgIpc) is 2.66. The number of aliphatic hydroxyl groups excluding tert-OH is 1. The van der Waals surface area contributed by atoms with Crippen LogP contribution in [0.5, 0.6) is 0 Å². The second kappa shape index (κ2) is 5.50. The number of carbonyl (C=O) groups excluding carboxylic acids is 1. The molecule has 4 heteroatoms. The number of benzene rings is 1. The van der Waals surface area contributed by atoms with Gasteiger partial charge in [-0.15, -0.1) is 0 Å². The normalized spacial score (nSPS) is 19.9. The Morgan fingerprint density at radius 2 is 2.00 bits per heavy atom. The minimum atomic E-state index is -0.522. The smallest absolute Gasteiger partial charge is 0.229 e. The molecule has 1 N–H and O–H groups in total. The van der Waals surface area contributed by atoms with E-state index in [1.54, 1.807) is 4.90 Å². The molecule has 4 nitrogen and oxygen atoms in total. The van der Waals surface area contributed by atoms with E-state index in [4.69, 9.17) is 0 Å². The first-order valence-corrected chi connectivity index (χ1v) is 6.28. The molecular weight excluding hydrogens is 228 g/mol. The van der Waals surface area contributed by atoms with E-state index in [9.17, 15) is 9.90 Å². The molecule has 0 aliphatic carbocycles. The monoisotopic (exact) mass is 248 g/mol. The van der Waals surface area contributed by atoms with Crippen LogP contribution in [0.1, 0.15) is 12.0 Å². The minimum absolute atomic E-state index is 0.00328. The van der Waals surface area contributed by atoms with E-state index in [0.717, 1.165) is 18.7 Å². The molecule has 0 bridgehead atoms. The second-order valence-corrected chi connectivity index (χ2v) is 5.08. The molecule has 0 aromatic heterocycles. The number of amides is 1. The Bertz CT molecular complexity index is 414. The van der Waals surface area contributed by atoms with Crippen LogP contribution >= 0.6 is 0 Å². The van der Waals surface area contributed by atoms with Crippen LogP contribution in [-0.4, -0.2) is 49.2 Å². The molecule has 1 fully saturated rings. The summed E-state index contributed by atoms with van der Waals surface area (Å²) in [7, 11) is 4.11. The van der Waals surface area contributed by atoms with Crippen molar-refractivity contribution in [3.63, 3.8) is 0 Å². The lowest BCUT2D eigenvalue weighted by Gasteiger charge is -2.16. The highest BCUT2D eigenvalue weighted by atomic mass is 16.3. The maximum Gasteiger partial charge on any atom is 0.229 e. The van der Waals surface area contributed by atoms with Gasteiger partial charge in [0.25, 0.3) is 0 Å². The van der Waals surface area contributed by atoms with Gasteiger partial charge in [-0.2, -0.15) is 0 Å². The average molecular weight is 248 g/mol. The van der Waals surface area contributed by atoms with Gasteiger partial charge in [0, 0.05) is 12.2 Å². The molecule has 1 aromatic carbocycles. The molecule has 1 heterocycles. The fraction of sp³-hybridized carbons (Fsp3) is 0.500.